The van der Waals surface area contributed by atoms with Crippen LogP contribution in [0.5, 0.6) is 5.75 Å². The lowest BCUT2D eigenvalue weighted by molar-refractivity contribution is 0.303. The predicted octanol–water partition coefficient (Wildman–Crippen LogP) is 0.476. The number of nitrogens with one attached hydrogen (secondary N) is 1. The van der Waals surface area contributed by atoms with E-state index in [0.717, 1.165) is 0 Å². The minimum atomic E-state index is -0.501. The number of pyridine rings is 1. The zero-order chi connectivity index (χ0) is 9.68. The molecule has 0 saturated carbocycles. The smallest absolute Gasteiger partial charge is 0.290 e. The van der Waals surface area contributed by atoms with Gasteiger partial charge in [0.1, 0.15) is 0 Å². The molecule has 13 heavy (non-hydrogen) atoms. The predicted molar refractivity (Wildman–Crippen MR) is 49.5 cm³/mol. The summed E-state index contributed by atoms with van der Waals surface area (Å²) in [6, 6.07) is 1.37. The molecule has 0 spiro atoms. The van der Waals surface area contributed by atoms with Crippen molar-refractivity contribution in [1.82, 2.24) is 4.98 Å². The van der Waals surface area contributed by atoms with Crippen molar-refractivity contribution in [2.24, 2.45) is 0 Å². The molecule has 0 unspecified atom stereocenters. The number of rotatable bonds is 3. The lowest BCUT2D eigenvalue weighted by atomic mass is 10.2. The van der Waals surface area contributed by atoms with Crippen LogP contribution in [0.2, 0.25) is 0 Å². The minimum Gasteiger partial charge on any atom is -0.503 e. The summed E-state index contributed by atoms with van der Waals surface area (Å²) in [5, 5.41) is 17.5. The molecule has 70 valence electrons. The average molecular weight is 181 g/mol. The van der Waals surface area contributed by atoms with Crippen LogP contribution < -0.4 is 5.56 Å². The van der Waals surface area contributed by atoms with Gasteiger partial charge in [0.15, 0.2) is 5.75 Å². The Bertz CT molecular complexity index is 354. The van der Waals surface area contributed by atoms with Crippen LogP contribution in [0, 0.1) is 0 Å². The Morgan fingerprint density at radius 2 is 2.31 bits per heavy atom. The van der Waals surface area contributed by atoms with E-state index in [1.807, 2.05) is 0 Å². The minimum absolute atomic E-state index is 0.0891. The summed E-state index contributed by atoms with van der Waals surface area (Å²) in [5.41, 5.74) is 0.199. The summed E-state index contributed by atoms with van der Waals surface area (Å²) in [6.45, 7) is 0.0891. The molecule has 0 radical (unpaired) electrons. The third-order valence-electron chi connectivity index (χ3n) is 1.51. The van der Waals surface area contributed by atoms with E-state index in [4.69, 9.17) is 10.2 Å². The van der Waals surface area contributed by atoms with Crippen molar-refractivity contribution in [3.05, 3.63) is 34.3 Å². The summed E-state index contributed by atoms with van der Waals surface area (Å²) in [6.07, 6.45) is 5.52. The Labute approximate surface area is 75.2 Å². The maximum atomic E-state index is 10.7. The van der Waals surface area contributed by atoms with Gasteiger partial charge in [-0.1, -0.05) is 12.2 Å². The van der Waals surface area contributed by atoms with Crippen molar-refractivity contribution in [3.8, 4) is 5.75 Å². The van der Waals surface area contributed by atoms with Gasteiger partial charge in [-0.05, 0) is 18.1 Å². The van der Waals surface area contributed by atoms with Crippen LogP contribution in [0.3, 0.4) is 0 Å². The topological polar surface area (TPSA) is 73.3 Å². The van der Waals surface area contributed by atoms with Crippen LogP contribution in [-0.4, -0.2) is 21.8 Å². The number of aromatic nitrogens is 1. The SMILES string of the molecule is O=c1[nH]cc(C=CCCO)cc1O. The molecule has 0 aromatic carbocycles. The first kappa shape index (κ1) is 9.54. The zero-order valence-corrected chi connectivity index (χ0v) is 7.03. The van der Waals surface area contributed by atoms with Crippen LogP contribution in [0.4, 0.5) is 0 Å². The monoisotopic (exact) mass is 181 g/mol. The Kier molecular flexibility index (Phi) is 3.28. The molecule has 0 aliphatic carbocycles. The van der Waals surface area contributed by atoms with Gasteiger partial charge < -0.3 is 15.2 Å². The molecular weight excluding hydrogens is 170 g/mol. The third kappa shape index (κ3) is 2.76. The van der Waals surface area contributed by atoms with E-state index >= 15 is 0 Å². The maximum absolute atomic E-state index is 10.7. The second kappa shape index (κ2) is 4.47. The van der Waals surface area contributed by atoms with Gasteiger partial charge in [0.05, 0.1) is 0 Å². The highest BCUT2D eigenvalue weighted by Crippen LogP contribution is 2.05. The lowest BCUT2D eigenvalue weighted by Gasteiger charge is -1.93. The summed E-state index contributed by atoms with van der Waals surface area (Å²) >= 11 is 0. The quantitative estimate of drug-likeness (QED) is 0.634. The molecule has 1 heterocycles. The number of H-pyrrole nitrogens is 1. The van der Waals surface area contributed by atoms with E-state index in [1.165, 1.54) is 12.3 Å². The van der Waals surface area contributed by atoms with Gasteiger partial charge in [-0.3, -0.25) is 4.79 Å². The van der Waals surface area contributed by atoms with E-state index in [1.54, 1.807) is 12.2 Å². The second-order valence-corrected chi connectivity index (χ2v) is 2.56. The fourth-order valence-corrected chi connectivity index (χ4v) is 0.878. The van der Waals surface area contributed by atoms with Crippen molar-refractivity contribution in [1.29, 1.82) is 0 Å². The summed E-state index contributed by atoms with van der Waals surface area (Å²) in [4.78, 5) is 13.1. The van der Waals surface area contributed by atoms with Crippen LogP contribution >= 0.6 is 0 Å². The molecule has 0 saturated heterocycles. The molecule has 1 aromatic heterocycles. The first-order chi connectivity index (χ1) is 6.24. The van der Waals surface area contributed by atoms with Gasteiger partial charge in [-0.25, -0.2) is 0 Å². The molecule has 4 heteroatoms. The second-order valence-electron chi connectivity index (χ2n) is 2.56. The molecule has 0 fully saturated rings. The van der Waals surface area contributed by atoms with Gasteiger partial charge in [0, 0.05) is 12.8 Å². The molecule has 0 aliphatic heterocycles. The van der Waals surface area contributed by atoms with Gasteiger partial charge >= 0.3 is 0 Å². The normalized spacial score (nSPS) is 10.8. The van der Waals surface area contributed by atoms with Crippen LogP contribution in [0.25, 0.3) is 6.08 Å². The number of hydrogen-bond donors (Lipinski definition) is 3. The Morgan fingerprint density at radius 3 is 2.92 bits per heavy atom. The van der Waals surface area contributed by atoms with Crippen molar-refractivity contribution in [3.63, 3.8) is 0 Å². The first-order valence-corrected chi connectivity index (χ1v) is 3.93. The summed E-state index contributed by atoms with van der Waals surface area (Å²) in [5.74, 6) is -0.300. The number of aliphatic hydroxyl groups is 1. The highest BCUT2D eigenvalue weighted by atomic mass is 16.3. The molecular formula is C9H11NO3. The van der Waals surface area contributed by atoms with Gasteiger partial charge in [0.25, 0.3) is 5.56 Å². The lowest BCUT2D eigenvalue weighted by Crippen LogP contribution is -2.03. The van der Waals surface area contributed by atoms with Gasteiger partial charge in [0.2, 0.25) is 0 Å². The standard InChI is InChI=1S/C9H11NO3/c11-4-2-1-3-7-5-8(12)9(13)10-6-7/h1,3,5-6,11-12H,2,4H2,(H,10,13). The van der Waals surface area contributed by atoms with Crippen molar-refractivity contribution in [2.75, 3.05) is 6.61 Å². The molecule has 0 aliphatic rings. The number of aromatic amines is 1. The zero-order valence-electron chi connectivity index (χ0n) is 7.03. The third-order valence-corrected chi connectivity index (χ3v) is 1.51. The largest absolute Gasteiger partial charge is 0.503 e. The van der Waals surface area contributed by atoms with E-state index < -0.39 is 5.56 Å². The van der Waals surface area contributed by atoms with Gasteiger partial charge in [-0.2, -0.15) is 0 Å². The fraction of sp³-hybridized carbons (Fsp3) is 0.222. The van der Waals surface area contributed by atoms with Crippen molar-refractivity contribution >= 4 is 6.08 Å². The van der Waals surface area contributed by atoms with E-state index in [-0.39, 0.29) is 12.4 Å². The molecule has 1 aromatic rings. The summed E-state index contributed by atoms with van der Waals surface area (Å²) in [7, 11) is 0. The number of hydrogen-bond acceptors (Lipinski definition) is 3. The van der Waals surface area contributed by atoms with Crippen molar-refractivity contribution in [2.45, 2.75) is 6.42 Å². The van der Waals surface area contributed by atoms with Crippen LogP contribution in [0.1, 0.15) is 12.0 Å². The Balaban J connectivity index is 2.79. The summed E-state index contributed by atoms with van der Waals surface area (Å²) < 4.78 is 0. The Hall–Kier alpha value is -1.55. The first-order valence-electron chi connectivity index (χ1n) is 3.93. The fourth-order valence-electron chi connectivity index (χ4n) is 0.878. The van der Waals surface area contributed by atoms with Gasteiger partial charge in [-0.15, -0.1) is 0 Å². The van der Waals surface area contributed by atoms with Crippen LogP contribution in [-0.2, 0) is 0 Å². The van der Waals surface area contributed by atoms with E-state index in [2.05, 4.69) is 4.98 Å². The molecule has 0 amide bonds. The van der Waals surface area contributed by atoms with Crippen LogP contribution in [0.15, 0.2) is 23.1 Å². The molecule has 4 nitrogen and oxygen atoms in total. The molecule has 1 rings (SSSR count). The van der Waals surface area contributed by atoms with Crippen molar-refractivity contribution < 1.29 is 10.2 Å². The molecule has 0 bridgehead atoms. The number of aromatic hydroxyl groups is 1. The average Bonchev–Trinajstić information content (AvgIpc) is 2.12. The van der Waals surface area contributed by atoms with E-state index in [9.17, 15) is 4.79 Å². The molecule has 3 N–H and O–H groups in total. The van der Waals surface area contributed by atoms with E-state index in [0.29, 0.717) is 12.0 Å². The maximum Gasteiger partial charge on any atom is 0.290 e. The highest BCUT2D eigenvalue weighted by Gasteiger charge is 1.94. The Morgan fingerprint density at radius 1 is 1.54 bits per heavy atom. The number of aliphatic hydroxyl groups excluding tert-OH is 1. The highest BCUT2D eigenvalue weighted by molar-refractivity contribution is 5.49. The molecule has 0 atom stereocenters.